The molecule has 2 amide bonds. The summed E-state index contributed by atoms with van der Waals surface area (Å²) in [7, 11) is 1.61. The van der Waals surface area contributed by atoms with Crippen molar-refractivity contribution >= 4 is 11.8 Å². The highest BCUT2D eigenvalue weighted by atomic mass is 16.5. The lowest BCUT2D eigenvalue weighted by atomic mass is 10.1. The summed E-state index contributed by atoms with van der Waals surface area (Å²) in [5.41, 5.74) is 0.978. The zero-order chi connectivity index (χ0) is 13.1. The number of benzene rings is 1. The Hall–Kier alpha value is -2.04. The Morgan fingerprint density at radius 3 is 2.61 bits per heavy atom. The van der Waals surface area contributed by atoms with Crippen LogP contribution >= 0.6 is 0 Å². The Labute approximate surface area is 106 Å². The SMILES string of the molecule is COc1ccc(CN2CC(=O)NC(C)C2=O)cc1. The van der Waals surface area contributed by atoms with Crippen molar-refractivity contribution in [3.8, 4) is 5.75 Å². The van der Waals surface area contributed by atoms with Gasteiger partial charge >= 0.3 is 0 Å². The van der Waals surface area contributed by atoms with Gasteiger partial charge in [-0.3, -0.25) is 9.59 Å². The Morgan fingerprint density at radius 1 is 1.33 bits per heavy atom. The lowest BCUT2D eigenvalue weighted by Crippen LogP contribution is -2.56. The molecule has 5 heteroatoms. The average molecular weight is 248 g/mol. The van der Waals surface area contributed by atoms with Crippen LogP contribution in [0.5, 0.6) is 5.75 Å². The first kappa shape index (κ1) is 12.4. The fourth-order valence-electron chi connectivity index (χ4n) is 1.96. The van der Waals surface area contributed by atoms with Crippen molar-refractivity contribution < 1.29 is 14.3 Å². The summed E-state index contributed by atoms with van der Waals surface area (Å²) >= 11 is 0. The Kier molecular flexibility index (Phi) is 3.50. The number of amides is 2. The van der Waals surface area contributed by atoms with Gasteiger partial charge in [0.1, 0.15) is 11.8 Å². The van der Waals surface area contributed by atoms with Gasteiger partial charge in [-0.1, -0.05) is 12.1 Å². The fraction of sp³-hybridized carbons (Fsp3) is 0.385. The maximum Gasteiger partial charge on any atom is 0.245 e. The molecule has 1 N–H and O–H groups in total. The molecule has 1 heterocycles. The van der Waals surface area contributed by atoms with E-state index in [9.17, 15) is 9.59 Å². The van der Waals surface area contributed by atoms with Crippen LogP contribution in [0, 0.1) is 0 Å². The molecule has 1 unspecified atom stereocenters. The van der Waals surface area contributed by atoms with Crippen LogP contribution in [-0.2, 0) is 16.1 Å². The number of rotatable bonds is 3. The Bertz CT molecular complexity index is 456. The van der Waals surface area contributed by atoms with Gasteiger partial charge in [-0.2, -0.15) is 0 Å². The van der Waals surface area contributed by atoms with E-state index in [0.717, 1.165) is 11.3 Å². The van der Waals surface area contributed by atoms with E-state index < -0.39 is 6.04 Å². The summed E-state index contributed by atoms with van der Waals surface area (Å²) in [6.45, 7) is 2.26. The third-order valence-electron chi connectivity index (χ3n) is 2.93. The molecule has 1 saturated heterocycles. The number of carbonyl (C=O) groups is 2. The molecule has 0 radical (unpaired) electrons. The van der Waals surface area contributed by atoms with Gasteiger partial charge in [-0.15, -0.1) is 0 Å². The van der Waals surface area contributed by atoms with Crippen molar-refractivity contribution in [2.24, 2.45) is 0 Å². The molecule has 96 valence electrons. The first-order valence-electron chi connectivity index (χ1n) is 5.81. The van der Waals surface area contributed by atoms with E-state index in [-0.39, 0.29) is 18.4 Å². The van der Waals surface area contributed by atoms with Gasteiger partial charge in [0, 0.05) is 6.54 Å². The number of carbonyl (C=O) groups excluding carboxylic acids is 2. The van der Waals surface area contributed by atoms with Crippen molar-refractivity contribution in [1.29, 1.82) is 0 Å². The summed E-state index contributed by atoms with van der Waals surface area (Å²) in [4.78, 5) is 24.8. The second kappa shape index (κ2) is 5.08. The molecule has 5 nitrogen and oxygen atoms in total. The number of nitrogens with zero attached hydrogens (tertiary/aromatic N) is 1. The van der Waals surface area contributed by atoms with E-state index in [0.29, 0.717) is 6.54 Å². The topological polar surface area (TPSA) is 58.6 Å². The van der Waals surface area contributed by atoms with Crippen LogP contribution in [0.25, 0.3) is 0 Å². The van der Waals surface area contributed by atoms with Gasteiger partial charge in [0.2, 0.25) is 11.8 Å². The monoisotopic (exact) mass is 248 g/mol. The van der Waals surface area contributed by atoms with Crippen LogP contribution in [0.15, 0.2) is 24.3 Å². The van der Waals surface area contributed by atoms with Crippen LogP contribution < -0.4 is 10.1 Å². The third kappa shape index (κ3) is 2.61. The molecule has 0 saturated carbocycles. The standard InChI is InChI=1S/C13H16N2O3/c1-9-13(17)15(8-12(16)14-9)7-10-3-5-11(18-2)6-4-10/h3-6,9H,7-8H2,1-2H3,(H,14,16). The first-order chi connectivity index (χ1) is 8.60. The van der Waals surface area contributed by atoms with E-state index in [4.69, 9.17) is 4.74 Å². The molecular formula is C13H16N2O3. The average Bonchev–Trinajstić information content (AvgIpc) is 2.36. The molecule has 0 aromatic heterocycles. The highest BCUT2D eigenvalue weighted by Crippen LogP contribution is 2.14. The van der Waals surface area contributed by atoms with Gasteiger partial charge in [0.15, 0.2) is 0 Å². The van der Waals surface area contributed by atoms with Gasteiger partial charge < -0.3 is 15.0 Å². The summed E-state index contributed by atoms with van der Waals surface area (Å²) in [6.07, 6.45) is 0. The number of hydrogen-bond acceptors (Lipinski definition) is 3. The molecular weight excluding hydrogens is 232 g/mol. The minimum atomic E-state index is -0.440. The second-order valence-corrected chi connectivity index (χ2v) is 4.33. The molecule has 1 aromatic carbocycles. The van der Waals surface area contributed by atoms with Crippen molar-refractivity contribution in [1.82, 2.24) is 10.2 Å². The minimum absolute atomic E-state index is 0.0505. The van der Waals surface area contributed by atoms with E-state index in [1.807, 2.05) is 24.3 Å². The summed E-state index contributed by atoms with van der Waals surface area (Å²) < 4.78 is 5.07. The van der Waals surface area contributed by atoms with E-state index >= 15 is 0 Å². The Morgan fingerprint density at radius 2 is 2.00 bits per heavy atom. The number of methoxy groups -OCH3 is 1. The van der Waals surface area contributed by atoms with E-state index in [2.05, 4.69) is 5.32 Å². The largest absolute Gasteiger partial charge is 0.497 e. The number of ether oxygens (including phenoxy) is 1. The van der Waals surface area contributed by atoms with Crippen molar-refractivity contribution in [2.75, 3.05) is 13.7 Å². The second-order valence-electron chi connectivity index (χ2n) is 4.33. The smallest absolute Gasteiger partial charge is 0.245 e. The van der Waals surface area contributed by atoms with Crippen LogP contribution in [-0.4, -0.2) is 36.4 Å². The number of nitrogens with one attached hydrogen (secondary N) is 1. The molecule has 0 aliphatic carbocycles. The number of piperazine rings is 1. The molecule has 2 rings (SSSR count). The van der Waals surface area contributed by atoms with Gasteiger partial charge in [-0.05, 0) is 24.6 Å². The molecule has 1 fully saturated rings. The predicted octanol–water partition coefficient (Wildman–Crippen LogP) is 0.542. The van der Waals surface area contributed by atoms with Crippen LogP contribution in [0.2, 0.25) is 0 Å². The molecule has 1 atom stereocenters. The highest BCUT2D eigenvalue weighted by Gasteiger charge is 2.29. The summed E-state index contributed by atoms with van der Waals surface area (Å²) in [5.74, 6) is 0.607. The zero-order valence-corrected chi connectivity index (χ0v) is 10.5. The minimum Gasteiger partial charge on any atom is -0.497 e. The van der Waals surface area contributed by atoms with Crippen molar-refractivity contribution in [3.05, 3.63) is 29.8 Å². The summed E-state index contributed by atoms with van der Waals surface area (Å²) in [6, 6.07) is 7.03. The Balaban J connectivity index is 2.07. The quantitative estimate of drug-likeness (QED) is 0.849. The first-order valence-corrected chi connectivity index (χ1v) is 5.81. The van der Waals surface area contributed by atoms with E-state index in [1.165, 1.54) is 0 Å². The molecule has 0 spiro atoms. The molecule has 18 heavy (non-hydrogen) atoms. The van der Waals surface area contributed by atoms with E-state index in [1.54, 1.807) is 18.9 Å². The number of hydrogen-bond donors (Lipinski definition) is 1. The van der Waals surface area contributed by atoms with Gasteiger partial charge in [-0.25, -0.2) is 0 Å². The van der Waals surface area contributed by atoms with Crippen molar-refractivity contribution in [2.45, 2.75) is 19.5 Å². The lowest BCUT2D eigenvalue weighted by molar-refractivity contribution is -0.144. The maximum absolute atomic E-state index is 11.9. The molecule has 1 aliphatic rings. The van der Waals surface area contributed by atoms with Crippen LogP contribution in [0.3, 0.4) is 0 Å². The van der Waals surface area contributed by atoms with Gasteiger partial charge in [0.05, 0.1) is 13.7 Å². The zero-order valence-electron chi connectivity index (χ0n) is 10.5. The normalized spacial score (nSPS) is 19.7. The van der Waals surface area contributed by atoms with Gasteiger partial charge in [0.25, 0.3) is 0 Å². The van der Waals surface area contributed by atoms with Crippen molar-refractivity contribution in [3.63, 3.8) is 0 Å². The third-order valence-corrected chi connectivity index (χ3v) is 2.93. The van der Waals surface area contributed by atoms with Crippen LogP contribution in [0.4, 0.5) is 0 Å². The molecule has 1 aromatic rings. The molecule has 1 aliphatic heterocycles. The highest BCUT2D eigenvalue weighted by molar-refractivity contribution is 5.94. The molecule has 0 bridgehead atoms. The predicted molar refractivity (Wildman–Crippen MR) is 66.0 cm³/mol. The summed E-state index contributed by atoms with van der Waals surface area (Å²) in [5, 5.41) is 2.61. The lowest BCUT2D eigenvalue weighted by Gasteiger charge is -2.30. The fourth-order valence-corrected chi connectivity index (χ4v) is 1.96. The maximum atomic E-state index is 11.9. The van der Waals surface area contributed by atoms with Crippen LogP contribution in [0.1, 0.15) is 12.5 Å².